The molecule has 110 valence electrons. The SMILES string of the molecule is CCc1noc(C)c1C[S@](=O)Cc1nsc(N(C)C)n1. The standard InChI is InChI=1S/C12H18N4O2S2/c1-5-10-9(8(2)18-14-10)6-20(17)7-11-13-12(16(3)4)19-15-11/h5-7H2,1-4H3/t20-/m0/s1. The van der Waals surface area contributed by atoms with E-state index in [2.05, 4.69) is 14.5 Å². The van der Waals surface area contributed by atoms with Crippen molar-refractivity contribution in [2.45, 2.75) is 31.8 Å². The summed E-state index contributed by atoms with van der Waals surface area (Å²) in [6, 6.07) is 0. The second-order valence-corrected chi connectivity index (χ2v) is 6.82. The van der Waals surface area contributed by atoms with Gasteiger partial charge in [-0.05, 0) is 13.3 Å². The highest BCUT2D eigenvalue weighted by atomic mass is 32.2. The molecule has 20 heavy (non-hydrogen) atoms. The smallest absolute Gasteiger partial charge is 0.204 e. The number of nitrogens with zero attached hydrogens (tertiary/aromatic N) is 4. The van der Waals surface area contributed by atoms with Crippen molar-refractivity contribution < 1.29 is 8.73 Å². The Morgan fingerprint density at radius 2 is 2.10 bits per heavy atom. The summed E-state index contributed by atoms with van der Waals surface area (Å²) in [5, 5.41) is 4.80. The zero-order valence-corrected chi connectivity index (χ0v) is 13.7. The van der Waals surface area contributed by atoms with Crippen LogP contribution in [0, 0.1) is 6.92 Å². The van der Waals surface area contributed by atoms with E-state index in [1.807, 2.05) is 32.8 Å². The Labute approximate surface area is 124 Å². The molecule has 0 aromatic carbocycles. The summed E-state index contributed by atoms with van der Waals surface area (Å²) in [4.78, 5) is 6.24. The van der Waals surface area contributed by atoms with Crippen molar-refractivity contribution in [3.8, 4) is 0 Å². The van der Waals surface area contributed by atoms with Gasteiger partial charge in [0.05, 0.1) is 17.2 Å². The van der Waals surface area contributed by atoms with Gasteiger partial charge in [-0.15, -0.1) is 0 Å². The summed E-state index contributed by atoms with van der Waals surface area (Å²) >= 11 is 1.32. The van der Waals surface area contributed by atoms with E-state index in [0.29, 0.717) is 17.3 Å². The normalized spacial score (nSPS) is 12.6. The van der Waals surface area contributed by atoms with E-state index in [1.165, 1.54) is 11.5 Å². The molecule has 6 nitrogen and oxygen atoms in total. The molecule has 2 rings (SSSR count). The van der Waals surface area contributed by atoms with E-state index >= 15 is 0 Å². The van der Waals surface area contributed by atoms with Crippen LogP contribution in [0.4, 0.5) is 5.13 Å². The van der Waals surface area contributed by atoms with E-state index in [9.17, 15) is 4.21 Å². The van der Waals surface area contributed by atoms with Crippen LogP contribution in [-0.4, -0.2) is 32.8 Å². The van der Waals surface area contributed by atoms with Crippen LogP contribution in [-0.2, 0) is 28.7 Å². The quantitative estimate of drug-likeness (QED) is 0.811. The van der Waals surface area contributed by atoms with Gasteiger partial charge >= 0.3 is 0 Å². The number of anilines is 1. The maximum atomic E-state index is 12.2. The second-order valence-electron chi connectivity index (χ2n) is 4.63. The third kappa shape index (κ3) is 3.43. The van der Waals surface area contributed by atoms with Gasteiger partial charge in [-0.2, -0.15) is 4.37 Å². The van der Waals surface area contributed by atoms with Crippen LogP contribution in [0.3, 0.4) is 0 Å². The van der Waals surface area contributed by atoms with Gasteiger partial charge in [-0.1, -0.05) is 12.1 Å². The fourth-order valence-corrected chi connectivity index (χ4v) is 3.64. The molecule has 0 aliphatic carbocycles. The first-order chi connectivity index (χ1) is 9.51. The molecule has 0 radical (unpaired) electrons. The molecule has 0 aliphatic rings. The summed E-state index contributed by atoms with van der Waals surface area (Å²) in [5.74, 6) is 2.17. The molecule has 1 atom stereocenters. The van der Waals surface area contributed by atoms with E-state index in [1.54, 1.807) is 0 Å². The van der Waals surface area contributed by atoms with E-state index in [-0.39, 0.29) is 0 Å². The summed E-state index contributed by atoms with van der Waals surface area (Å²) < 4.78 is 21.6. The van der Waals surface area contributed by atoms with Crippen LogP contribution in [0.15, 0.2) is 4.52 Å². The molecule has 0 saturated carbocycles. The van der Waals surface area contributed by atoms with Gasteiger partial charge in [-0.3, -0.25) is 4.21 Å². The van der Waals surface area contributed by atoms with Gasteiger partial charge in [0.25, 0.3) is 0 Å². The Hall–Kier alpha value is -1.28. The van der Waals surface area contributed by atoms with Crippen molar-refractivity contribution in [1.82, 2.24) is 14.5 Å². The van der Waals surface area contributed by atoms with Crippen LogP contribution in [0.1, 0.15) is 29.8 Å². The molecule has 0 N–H and O–H groups in total. The van der Waals surface area contributed by atoms with Gasteiger partial charge in [-0.25, -0.2) is 4.98 Å². The average Bonchev–Trinajstić information content (AvgIpc) is 2.98. The molecule has 8 heteroatoms. The molecule has 0 bridgehead atoms. The highest BCUT2D eigenvalue weighted by Crippen LogP contribution is 2.19. The van der Waals surface area contributed by atoms with Gasteiger partial charge in [0.15, 0.2) is 5.82 Å². The van der Waals surface area contributed by atoms with Crippen LogP contribution in [0.25, 0.3) is 0 Å². The number of hydrogen-bond donors (Lipinski definition) is 0. The highest BCUT2D eigenvalue weighted by molar-refractivity contribution is 7.83. The van der Waals surface area contributed by atoms with Gasteiger partial charge in [0.1, 0.15) is 5.76 Å². The Morgan fingerprint density at radius 3 is 2.70 bits per heavy atom. The maximum absolute atomic E-state index is 12.2. The first kappa shape index (κ1) is 15.1. The van der Waals surface area contributed by atoms with Crippen molar-refractivity contribution in [1.29, 1.82) is 0 Å². The zero-order chi connectivity index (χ0) is 14.7. The largest absolute Gasteiger partial charge is 0.361 e. The summed E-state index contributed by atoms with van der Waals surface area (Å²) in [6.45, 7) is 3.86. The van der Waals surface area contributed by atoms with Crippen molar-refractivity contribution in [3.63, 3.8) is 0 Å². The fourth-order valence-electron chi connectivity index (χ4n) is 1.74. The molecule has 2 heterocycles. The minimum Gasteiger partial charge on any atom is -0.361 e. The third-order valence-electron chi connectivity index (χ3n) is 2.84. The summed E-state index contributed by atoms with van der Waals surface area (Å²) in [5.41, 5.74) is 1.84. The monoisotopic (exact) mass is 314 g/mol. The predicted molar refractivity (Wildman–Crippen MR) is 80.4 cm³/mol. The van der Waals surface area contributed by atoms with Crippen molar-refractivity contribution in [2.75, 3.05) is 19.0 Å². The zero-order valence-electron chi connectivity index (χ0n) is 12.0. The lowest BCUT2D eigenvalue weighted by Gasteiger charge is -2.04. The average molecular weight is 314 g/mol. The molecule has 0 saturated heterocycles. The Kier molecular flexibility index (Phi) is 4.87. The van der Waals surface area contributed by atoms with E-state index in [0.717, 1.165) is 28.6 Å². The fraction of sp³-hybridized carbons (Fsp3) is 0.583. The minimum atomic E-state index is -1.06. The maximum Gasteiger partial charge on any atom is 0.204 e. The lowest BCUT2D eigenvalue weighted by Crippen LogP contribution is -2.08. The van der Waals surface area contributed by atoms with Crippen molar-refractivity contribution in [2.24, 2.45) is 0 Å². The molecule has 0 amide bonds. The molecule has 0 spiro atoms. The molecule has 2 aromatic heterocycles. The number of aryl methyl sites for hydroxylation is 2. The Bertz CT molecular complexity index is 606. The van der Waals surface area contributed by atoms with E-state index < -0.39 is 10.8 Å². The Balaban J connectivity index is 2.03. The number of hydrogen-bond acceptors (Lipinski definition) is 7. The lowest BCUT2D eigenvalue weighted by atomic mass is 10.2. The highest BCUT2D eigenvalue weighted by Gasteiger charge is 2.16. The van der Waals surface area contributed by atoms with Crippen LogP contribution in [0.5, 0.6) is 0 Å². The van der Waals surface area contributed by atoms with Gasteiger partial charge in [0.2, 0.25) is 5.13 Å². The number of rotatable bonds is 6. The number of aromatic nitrogens is 3. The van der Waals surface area contributed by atoms with Crippen LogP contribution in [0.2, 0.25) is 0 Å². The van der Waals surface area contributed by atoms with Crippen LogP contribution >= 0.6 is 11.5 Å². The topological polar surface area (TPSA) is 72.1 Å². The molecule has 0 fully saturated rings. The van der Waals surface area contributed by atoms with E-state index in [4.69, 9.17) is 4.52 Å². The Morgan fingerprint density at radius 1 is 1.35 bits per heavy atom. The molecule has 2 aromatic rings. The molecular formula is C12H18N4O2S2. The first-order valence-electron chi connectivity index (χ1n) is 6.30. The van der Waals surface area contributed by atoms with Crippen molar-refractivity contribution >= 4 is 27.5 Å². The second kappa shape index (κ2) is 6.45. The summed E-state index contributed by atoms with van der Waals surface area (Å²) in [6.07, 6.45) is 0.781. The van der Waals surface area contributed by atoms with Crippen molar-refractivity contribution in [3.05, 3.63) is 22.8 Å². The molecular weight excluding hydrogens is 296 g/mol. The van der Waals surface area contributed by atoms with Crippen LogP contribution < -0.4 is 4.90 Å². The molecule has 0 unspecified atom stereocenters. The third-order valence-corrected chi connectivity index (χ3v) is 4.95. The first-order valence-corrected chi connectivity index (χ1v) is 8.56. The minimum absolute atomic E-state index is 0.359. The predicted octanol–water partition coefficient (Wildman–Crippen LogP) is 1.91. The van der Waals surface area contributed by atoms with Gasteiger partial charge < -0.3 is 9.42 Å². The summed E-state index contributed by atoms with van der Waals surface area (Å²) in [7, 11) is 2.76. The lowest BCUT2D eigenvalue weighted by molar-refractivity contribution is 0.390. The molecule has 0 aliphatic heterocycles. The van der Waals surface area contributed by atoms with Gasteiger partial charge in [0, 0.05) is 42.0 Å².